The van der Waals surface area contributed by atoms with E-state index in [1.54, 1.807) is 6.92 Å². The van der Waals surface area contributed by atoms with Crippen LogP contribution in [0.4, 0.5) is 5.69 Å². The van der Waals surface area contributed by atoms with Crippen molar-refractivity contribution in [2.45, 2.75) is 52.9 Å². The minimum atomic E-state index is 0.129. The van der Waals surface area contributed by atoms with Crippen LogP contribution < -0.4 is 4.90 Å². The van der Waals surface area contributed by atoms with Gasteiger partial charge < -0.3 is 4.90 Å². The highest BCUT2D eigenvalue weighted by Crippen LogP contribution is 2.17. The predicted octanol–water partition coefficient (Wildman–Crippen LogP) is 4.18. The molecule has 1 aromatic carbocycles. The Bertz CT molecular complexity index is 356. The predicted molar refractivity (Wildman–Crippen MR) is 78.0 cm³/mol. The molecular formula is C16H25NO. The first-order chi connectivity index (χ1) is 8.69. The van der Waals surface area contributed by atoms with Gasteiger partial charge >= 0.3 is 0 Å². The van der Waals surface area contributed by atoms with Crippen LogP contribution >= 0.6 is 0 Å². The van der Waals surface area contributed by atoms with Crippen molar-refractivity contribution in [2.75, 3.05) is 11.4 Å². The van der Waals surface area contributed by atoms with Crippen molar-refractivity contribution in [1.82, 2.24) is 0 Å². The summed E-state index contributed by atoms with van der Waals surface area (Å²) in [5, 5.41) is 0. The fraction of sp³-hybridized carbons (Fsp3) is 0.562. The molecule has 1 rings (SSSR count). The molecule has 0 aromatic heterocycles. The van der Waals surface area contributed by atoms with Gasteiger partial charge in [0.2, 0.25) is 5.91 Å². The fourth-order valence-corrected chi connectivity index (χ4v) is 2.01. The fourth-order valence-electron chi connectivity index (χ4n) is 2.01. The Hall–Kier alpha value is -1.31. The Morgan fingerprint density at radius 3 is 2.17 bits per heavy atom. The highest BCUT2D eigenvalue weighted by atomic mass is 16.2. The van der Waals surface area contributed by atoms with E-state index in [2.05, 4.69) is 38.1 Å². The molecule has 0 saturated heterocycles. The van der Waals surface area contributed by atoms with Gasteiger partial charge in [0.15, 0.2) is 0 Å². The summed E-state index contributed by atoms with van der Waals surface area (Å²) in [6, 6.07) is 8.43. The van der Waals surface area contributed by atoms with Gasteiger partial charge in [0.25, 0.3) is 0 Å². The van der Waals surface area contributed by atoms with E-state index >= 15 is 0 Å². The van der Waals surface area contributed by atoms with Gasteiger partial charge in [-0.25, -0.2) is 0 Å². The van der Waals surface area contributed by atoms with Gasteiger partial charge in [0, 0.05) is 19.2 Å². The van der Waals surface area contributed by atoms with Crippen LogP contribution in [-0.4, -0.2) is 12.5 Å². The van der Waals surface area contributed by atoms with Crippen LogP contribution in [0.2, 0.25) is 0 Å². The smallest absolute Gasteiger partial charge is 0.223 e. The Labute approximate surface area is 111 Å². The van der Waals surface area contributed by atoms with Gasteiger partial charge in [-0.15, -0.1) is 0 Å². The van der Waals surface area contributed by atoms with Crippen LogP contribution in [0.25, 0.3) is 0 Å². The number of anilines is 1. The Morgan fingerprint density at radius 2 is 1.67 bits per heavy atom. The molecule has 1 aromatic rings. The minimum Gasteiger partial charge on any atom is -0.313 e. The number of benzene rings is 1. The first-order valence-electron chi connectivity index (χ1n) is 7.06. The van der Waals surface area contributed by atoms with Crippen LogP contribution in [0.1, 0.15) is 52.0 Å². The number of unbranched alkanes of at least 4 members (excludes halogenated alkanes) is 2. The Kier molecular flexibility index (Phi) is 6.48. The maximum Gasteiger partial charge on any atom is 0.223 e. The molecule has 0 N–H and O–H groups in total. The molecule has 0 saturated carbocycles. The van der Waals surface area contributed by atoms with Crippen LogP contribution in [0, 0.1) is 0 Å². The molecule has 0 spiro atoms. The lowest BCUT2D eigenvalue weighted by molar-refractivity contribution is -0.116. The molecule has 0 radical (unpaired) electrons. The largest absolute Gasteiger partial charge is 0.313 e. The topological polar surface area (TPSA) is 20.3 Å². The molecule has 0 aliphatic carbocycles. The normalized spacial score (nSPS) is 10.4. The maximum atomic E-state index is 11.6. The van der Waals surface area contributed by atoms with Crippen LogP contribution in [0.15, 0.2) is 24.3 Å². The number of carbonyl (C=O) groups is 1. The zero-order valence-electron chi connectivity index (χ0n) is 11.9. The molecule has 2 nitrogen and oxygen atoms in total. The van der Waals surface area contributed by atoms with Gasteiger partial charge in [0.1, 0.15) is 0 Å². The third-order valence-corrected chi connectivity index (χ3v) is 3.18. The van der Waals surface area contributed by atoms with Crippen LogP contribution in [-0.2, 0) is 11.2 Å². The number of nitrogens with zero attached hydrogens (tertiary/aromatic N) is 1. The Morgan fingerprint density at radius 1 is 1.06 bits per heavy atom. The van der Waals surface area contributed by atoms with E-state index in [4.69, 9.17) is 0 Å². The monoisotopic (exact) mass is 247 g/mol. The summed E-state index contributed by atoms with van der Waals surface area (Å²) < 4.78 is 0. The molecule has 2 heteroatoms. The van der Waals surface area contributed by atoms with E-state index in [1.807, 2.05) is 4.90 Å². The van der Waals surface area contributed by atoms with Crippen molar-refractivity contribution < 1.29 is 4.79 Å². The second kappa shape index (κ2) is 7.91. The number of hydrogen-bond acceptors (Lipinski definition) is 1. The molecule has 0 fully saturated rings. The van der Waals surface area contributed by atoms with E-state index in [0.717, 1.165) is 31.5 Å². The van der Waals surface area contributed by atoms with Gasteiger partial charge in [-0.1, -0.05) is 38.8 Å². The molecule has 0 aliphatic rings. The molecule has 1 amide bonds. The summed E-state index contributed by atoms with van der Waals surface area (Å²) in [5.74, 6) is 0.129. The lowest BCUT2D eigenvalue weighted by Crippen LogP contribution is -2.29. The molecule has 0 atom stereocenters. The van der Waals surface area contributed by atoms with Crippen molar-refractivity contribution in [3.63, 3.8) is 0 Å². The first-order valence-corrected chi connectivity index (χ1v) is 7.06. The minimum absolute atomic E-state index is 0.129. The van der Waals surface area contributed by atoms with E-state index in [9.17, 15) is 4.79 Å². The molecule has 0 heterocycles. The third kappa shape index (κ3) is 4.52. The standard InChI is InChI=1S/C16H25NO/c1-4-6-8-15-9-11-16(12-10-15)17(14(3)18)13-7-5-2/h9-12H,4-8,13H2,1-3H3. The van der Waals surface area contributed by atoms with E-state index < -0.39 is 0 Å². The zero-order chi connectivity index (χ0) is 13.4. The average molecular weight is 247 g/mol. The molecule has 18 heavy (non-hydrogen) atoms. The van der Waals surface area contributed by atoms with Crippen molar-refractivity contribution in [1.29, 1.82) is 0 Å². The van der Waals surface area contributed by atoms with E-state index in [1.165, 1.54) is 18.4 Å². The number of rotatable bonds is 7. The van der Waals surface area contributed by atoms with Gasteiger partial charge in [-0.2, -0.15) is 0 Å². The van der Waals surface area contributed by atoms with Crippen molar-refractivity contribution in [3.05, 3.63) is 29.8 Å². The summed E-state index contributed by atoms with van der Waals surface area (Å²) >= 11 is 0. The maximum absolute atomic E-state index is 11.6. The summed E-state index contributed by atoms with van der Waals surface area (Å²) in [6.07, 6.45) is 5.74. The average Bonchev–Trinajstić information content (AvgIpc) is 2.38. The number of carbonyl (C=O) groups excluding carboxylic acids is 1. The van der Waals surface area contributed by atoms with Crippen molar-refractivity contribution in [3.8, 4) is 0 Å². The van der Waals surface area contributed by atoms with Crippen molar-refractivity contribution in [2.24, 2.45) is 0 Å². The second-order valence-corrected chi connectivity index (χ2v) is 4.79. The summed E-state index contributed by atoms with van der Waals surface area (Å²) in [4.78, 5) is 13.5. The quantitative estimate of drug-likeness (QED) is 0.707. The molecular weight excluding hydrogens is 222 g/mol. The highest BCUT2D eigenvalue weighted by molar-refractivity contribution is 5.91. The second-order valence-electron chi connectivity index (χ2n) is 4.79. The lowest BCUT2D eigenvalue weighted by Gasteiger charge is -2.21. The third-order valence-electron chi connectivity index (χ3n) is 3.18. The SMILES string of the molecule is CCCCc1ccc(N(CCCC)C(C)=O)cc1. The molecule has 0 bridgehead atoms. The van der Waals surface area contributed by atoms with Crippen molar-refractivity contribution >= 4 is 11.6 Å². The van der Waals surface area contributed by atoms with Gasteiger partial charge in [-0.3, -0.25) is 4.79 Å². The summed E-state index contributed by atoms with van der Waals surface area (Å²) in [5.41, 5.74) is 2.38. The highest BCUT2D eigenvalue weighted by Gasteiger charge is 2.10. The first kappa shape index (κ1) is 14.7. The molecule has 0 aliphatic heterocycles. The van der Waals surface area contributed by atoms with Gasteiger partial charge in [-0.05, 0) is 37.0 Å². The van der Waals surface area contributed by atoms with E-state index in [0.29, 0.717) is 0 Å². The summed E-state index contributed by atoms with van der Waals surface area (Å²) in [6.45, 7) is 6.81. The van der Waals surface area contributed by atoms with Gasteiger partial charge in [0.05, 0.1) is 0 Å². The Balaban J connectivity index is 2.70. The number of amides is 1. The lowest BCUT2D eigenvalue weighted by atomic mass is 10.1. The number of hydrogen-bond donors (Lipinski definition) is 0. The molecule has 100 valence electrons. The van der Waals surface area contributed by atoms with Crippen LogP contribution in [0.3, 0.4) is 0 Å². The summed E-state index contributed by atoms with van der Waals surface area (Å²) in [7, 11) is 0. The van der Waals surface area contributed by atoms with E-state index in [-0.39, 0.29) is 5.91 Å². The molecule has 0 unspecified atom stereocenters. The zero-order valence-corrected chi connectivity index (χ0v) is 11.9. The number of aryl methyl sites for hydroxylation is 1. The van der Waals surface area contributed by atoms with Crippen LogP contribution in [0.5, 0.6) is 0 Å².